The van der Waals surface area contributed by atoms with Gasteiger partial charge in [0.1, 0.15) is 0 Å². The largest absolute Gasteiger partial charge is 0.368 e. The summed E-state index contributed by atoms with van der Waals surface area (Å²) < 4.78 is 0. The quantitative estimate of drug-likeness (QED) is 0.933. The van der Waals surface area contributed by atoms with E-state index in [2.05, 4.69) is 36.7 Å². The third kappa shape index (κ3) is 3.41. The van der Waals surface area contributed by atoms with Crippen molar-refractivity contribution in [1.29, 1.82) is 0 Å². The molecule has 0 spiro atoms. The molecule has 0 radical (unpaired) electrons. The average molecular weight is 304 g/mol. The van der Waals surface area contributed by atoms with Crippen LogP contribution in [0.2, 0.25) is 0 Å². The lowest BCUT2D eigenvalue weighted by Gasteiger charge is -2.27. The van der Waals surface area contributed by atoms with E-state index in [4.69, 9.17) is 5.73 Å². The number of nitrogens with zero attached hydrogens (tertiary/aromatic N) is 5. The Bertz CT molecular complexity index is 579. The maximum Gasteiger partial charge on any atom is 0.231 e. The zero-order valence-corrected chi connectivity index (χ0v) is 13.0. The molecule has 3 heterocycles. The number of rotatable bonds is 4. The molecule has 0 amide bonds. The van der Waals surface area contributed by atoms with Crippen LogP contribution in [0.5, 0.6) is 0 Å². The molecular weight excluding hydrogens is 284 g/mol. The predicted molar refractivity (Wildman–Crippen MR) is 86.7 cm³/mol. The van der Waals surface area contributed by atoms with Crippen LogP contribution >= 0.6 is 11.3 Å². The van der Waals surface area contributed by atoms with Crippen molar-refractivity contribution >= 4 is 29.2 Å². The zero-order valence-electron chi connectivity index (χ0n) is 12.2. The Morgan fingerprint density at radius 1 is 1.24 bits per heavy atom. The zero-order chi connectivity index (χ0) is 14.7. The molecule has 0 saturated carbocycles. The standard InChI is InChI=1S/C14H20N6S/c1-19(9-11-5-8-21-10-11)13-16-12(15)17-14(18-13)20-6-3-2-4-7-20/h5,8,10H,2-4,6-7,9H2,1H3,(H2,15,16,17,18). The highest BCUT2D eigenvalue weighted by atomic mass is 32.1. The Morgan fingerprint density at radius 3 is 2.76 bits per heavy atom. The second-order valence-corrected chi connectivity index (χ2v) is 6.11. The minimum atomic E-state index is 0.290. The first kappa shape index (κ1) is 14.1. The fourth-order valence-corrected chi connectivity index (χ4v) is 3.16. The lowest BCUT2D eigenvalue weighted by molar-refractivity contribution is 0.567. The Hall–Kier alpha value is -1.89. The smallest absolute Gasteiger partial charge is 0.231 e. The van der Waals surface area contributed by atoms with Crippen LogP contribution in [0.15, 0.2) is 16.8 Å². The number of nitrogen functional groups attached to an aromatic ring is 1. The van der Waals surface area contributed by atoms with Gasteiger partial charge in [0.05, 0.1) is 0 Å². The van der Waals surface area contributed by atoms with Crippen molar-refractivity contribution < 1.29 is 0 Å². The summed E-state index contributed by atoms with van der Waals surface area (Å²) in [4.78, 5) is 17.4. The molecule has 1 aliphatic heterocycles. The van der Waals surface area contributed by atoms with E-state index in [0.29, 0.717) is 11.9 Å². The summed E-state index contributed by atoms with van der Waals surface area (Å²) in [5.74, 6) is 1.63. The van der Waals surface area contributed by atoms with Gasteiger partial charge in [-0.1, -0.05) is 0 Å². The van der Waals surface area contributed by atoms with Gasteiger partial charge in [0, 0.05) is 26.7 Å². The van der Waals surface area contributed by atoms with Crippen LogP contribution in [0.4, 0.5) is 17.8 Å². The van der Waals surface area contributed by atoms with Crippen molar-refractivity contribution in [1.82, 2.24) is 15.0 Å². The Kier molecular flexibility index (Phi) is 4.19. The van der Waals surface area contributed by atoms with Crippen LogP contribution in [0.1, 0.15) is 24.8 Å². The molecule has 112 valence electrons. The first-order chi connectivity index (χ1) is 10.2. The predicted octanol–water partition coefficient (Wildman–Crippen LogP) is 2.14. The molecule has 1 saturated heterocycles. The van der Waals surface area contributed by atoms with E-state index >= 15 is 0 Å². The maximum absolute atomic E-state index is 5.86. The van der Waals surface area contributed by atoms with Gasteiger partial charge in [-0.05, 0) is 41.7 Å². The molecule has 0 aliphatic carbocycles. The summed E-state index contributed by atoms with van der Waals surface area (Å²) in [6, 6.07) is 2.11. The highest BCUT2D eigenvalue weighted by molar-refractivity contribution is 7.07. The molecule has 2 aromatic rings. The van der Waals surface area contributed by atoms with Crippen molar-refractivity contribution in [2.75, 3.05) is 35.7 Å². The number of thiophene rings is 1. The average Bonchev–Trinajstić information content (AvgIpc) is 3.00. The topological polar surface area (TPSA) is 71.2 Å². The number of aromatic nitrogens is 3. The van der Waals surface area contributed by atoms with E-state index < -0.39 is 0 Å². The van der Waals surface area contributed by atoms with E-state index in [1.807, 2.05) is 11.9 Å². The molecule has 7 heteroatoms. The van der Waals surface area contributed by atoms with Gasteiger partial charge in [0.15, 0.2) is 0 Å². The van der Waals surface area contributed by atoms with Gasteiger partial charge < -0.3 is 15.5 Å². The van der Waals surface area contributed by atoms with Gasteiger partial charge in [-0.25, -0.2) is 0 Å². The first-order valence-corrected chi connectivity index (χ1v) is 8.15. The third-order valence-corrected chi connectivity index (χ3v) is 4.34. The molecule has 21 heavy (non-hydrogen) atoms. The lowest BCUT2D eigenvalue weighted by atomic mass is 10.1. The Morgan fingerprint density at radius 2 is 2.05 bits per heavy atom. The Balaban J connectivity index is 1.79. The molecule has 0 unspecified atom stereocenters. The highest BCUT2D eigenvalue weighted by Crippen LogP contribution is 2.20. The fraction of sp³-hybridized carbons (Fsp3) is 0.500. The van der Waals surface area contributed by atoms with Crippen LogP contribution in [-0.4, -0.2) is 35.1 Å². The second-order valence-electron chi connectivity index (χ2n) is 5.33. The maximum atomic E-state index is 5.86. The first-order valence-electron chi connectivity index (χ1n) is 7.21. The SMILES string of the molecule is CN(Cc1ccsc1)c1nc(N)nc(N2CCCCC2)n1. The highest BCUT2D eigenvalue weighted by Gasteiger charge is 2.17. The summed E-state index contributed by atoms with van der Waals surface area (Å²) in [5.41, 5.74) is 7.11. The molecule has 6 nitrogen and oxygen atoms in total. The Labute approximate surface area is 128 Å². The molecule has 3 rings (SSSR count). The molecule has 0 aromatic carbocycles. The van der Waals surface area contributed by atoms with E-state index in [1.165, 1.54) is 24.8 Å². The molecule has 1 fully saturated rings. The van der Waals surface area contributed by atoms with Crippen molar-refractivity contribution in [2.45, 2.75) is 25.8 Å². The van der Waals surface area contributed by atoms with Crippen molar-refractivity contribution in [3.8, 4) is 0 Å². The number of hydrogen-bond donors (Lipinski definition) is 1. The van der Waals surface area contributed by atoms with Crippen molar-refractivity contribution in [3.05, 3.63) is 22.4 Å². The van der Waals surface area contributed by atoms with E-state index in [1.54, 1.807) is 11.3 Å². The number of nitrogens with two attached hydrogens (primary N) is 1. The molecule has 2 aromatic heterocycles. The van der Waals surface area contributed by atoms with Crippen molar-refractivity contribution in [3.63, 3.8) is 0 Å². The lowest BCUT2D eigenvalue weighted by Crippen LogP contribution is -2.32. The molecule has 0 atom stereocenters. The van der Waals surface area contributed by atoms with E-state index in [9.17, 15) is 0 Å². The molecule has 2 N–H and O–H groups in total. The van der Waals surface area contributed by atoms with Crippen LogP contribution in [0.25, 0.3) is 0 Å². The molecule has 1 aliphatic rings. The van der Waals surface area contributed by atoms with Crippen molar-refractivity contribution in [2.24, 2.45) is 0 Å². The van der Waals surface area contributed by atoms with E-state index in [0.717, 1.165) is 19.6 Å². The summed E-state index contributed by atoms with van der Waals surface area (Å²) in [7, 11) is 1.98. The molecule has 0 bridgehead atoms. The van der Waals surface area contributed by atoms with Gasteiger partial charge in [-0.3, -0.25) is 0 Å². The van der Waals surface area contributed by atoms with E-state index in [-0.39, 0.29) is 5.95 Å². The summed E-state index contributed by atoms with van der Waals surface area (Å²) in [6.45, 7) is 2.76. The summed E-state index contributed by atoms with van der Waals surface area (Å²) >= 11 is 1.69. The number of hydrogen-bond acceptors (Lipinski definition) is 7. The normalized spacial score (nSPS) is 15.2. The van der Waals surface area contributed by atoms with Gasteiger partial charge in [-0.15, -0.1) is 0 Å². The molecular formula is C14H20N6S. The van der Waals surface area contributed by atoms with Crippen LogP contribution < -0.4 is 15.5 Å². The second kappa shape index (κ2) is 6.26. The fourth-order valence-electron chi connectivity index (χ4n) is 2.50. The summed E-state index contributed by atoms with van der Waals surface area (Å²) in [5, 5.41) is 4.21. The minimum absolute atomic E-state index is 0.290. The third-order valence-electron chi connectivity index (χ3n) is 3.61. The minimum Gasteiger partial charge on any atom is -0.368 e. The van der Waals surface area contributed by atoms with Crippen LogP contribution in [-0.2, 0) is 6.54 Å². The van der Waals surface area contributed by atoms with Gasteiger partial charge >= 0.3 is 0 Å². The monoisotopic (exact) mass is 304 g/mol. The van der Waals surface area contributed by atoms with Gasteiger partial charge in [0.25, 0.3) is 0 Å². The van der Waals surface area contributed by atoms with Gasteiger partial charge in [0.2, 0.25) is 17.8 Å². The summed E-state index contributed by atoms with van der Waals surface area (Å²) in [6.07, 6.45) is 3.65. The van der Waals surface area contributed by atoms with Gasteiger partial charge in [-0.2, -0.15) is 26.3 Å². The number of anilines is 3. The van der Waals surface area contributed by atoms with Crippen LogP contribution in [0, 0.1) is 0 Å². The van der Waals surface area contributed by atoms with Crippen LogP contribution in [0.3, 0.4) is 0 Å². The number of piperidine rings is 1.